The smallest absolute Gasteiger partial charge is 0.258 e. The standard InChI is InChI=1S/C16H8N2O4/c19-17(20)13-5-9-1-2-10-6-14(18(21)22)8-12-4-3-11(7-13)15(9)16(10)12/h1-8H. The second kappa shape index (κ2) is 4.11. The Morgan fingerprint density at radius 2 is 0.864 bits per heavy atom. The van der Waals surface area contributed by atoms with Crippen LogP contribution < -0.4 is 0 Å². The number of benzene rings is 4. The maximum Gasteiger partial charge on any atom is 0.270 e. The van der Waals surface area contributed by atoms with Gasteiger partial charge in [0.15, 0.2) is 0 Å². The molecule has 6 heteroatoms. The lowest BCUT2D eigenvalue weighted by Crippen LogP contribution is -1.92. The molecule has 106 valence electrons. The molecular weight excluding hydrogens is 284 g/mol. The van der Waals surface area contributed by atoms with Gasteiger partial charge in [0.25, 0.3) is 11.4 Å². The first-order chi connectivity index (χ1) is 10.5. The number of nitro groups is 2. The van der Waals surface area contributed by atoms with Gasteiger partial charge in [0, 0.05) is 24.3 Å². The molecule has 22 heavy (non-hydrogen) atoms. The minimum atomic E-state index is -0.417. The normalized spacial score (nSPS) is 11.5. The van der Waals surface area contributed by atoms with Crippen LogP contribution in [0.3, 0.4) is 0 Å². The lowest BCUT2D eigenvalue weighted by Gasteiger charge is -2.10. The maximum atomic E-state index is 11.0. The number of hydrogen-bond donors (Lipinski definition) is 0. The van der Waals surface area contributed by atoms with Crippen LogP contribution in [0.5, 0.6) is 0 Å². The van der Waals surface area contributed by atoms with Crippen molar-refractivity contribution in [1.29, 1.82) is 0 Å². The highest BCUT2D eigenvalue weighted by atomic mass is 16.6. The average Bonchev–Trinajstić information content (AvgIpc) is 2.51. The lowest BCUT2D eigenvalue weighted by molar-refractivity contribution is -0.384. The van der Waals surface area contributed by atoms with E-state index in [0.717, 1.165) is 32.3 Å². The quantitative estimate of drug-likeness (QED) is 0.311. The Labute approximate surface area is 123 Å². The molecule has 0 fully saturated rings. The molecule has 0 heterocycles. The van der Waals surface area contributed by atoms with Gasteiger partial charge in [-0.05, 0) is 32.3 Å². The molecule has 4 rings (SSSR count). The van der Waals surface area contributed by atoms with Gasteiger partial charge >= 0.3 is 0 Å². The fourth-order valence-corrected chi connectivity index (χ4v) is 3.02. The summed E-state index contributed by atoms with van der Waals surface area (Å²) < 4.78 is 0. The van der Waals surface area contributed by atoms with Crippen LogP contribution in [0, 0.1) is 20.2 Å². The third-order valence-corrected chi connectivity index (χ3v) is 3.92. The molecule has 0 aliphatic rings. The zero-order valence-electron chi connectivity index (χ0n) is 11.1. The average molecular weight is 292 g/mol. The summed E-state index contributed by atoms with van der Waals surface area (Å²) in [6.07, 6.45) is 0. The third-order valence-electron chi connectivity index (χ3n) is 3.92. The van der Waals surface area contributed by atoms with Gasteiger partial charge in [-0.1, -0.05) is 24.3 Å². The topological polar surface area (TPSA) is 86.3 Å². The largest absolute Gasteiger partial charge is 0.270 e. The fourth-order valence-electron chi connectivity index (χ4n) is 3.02. The molecule has 0 amide bonds. The highest BCUT2D eigenvalue weighted by Gasteiger charge is 2.16. The summed E-state index contributed by atoms with van der Waals surface area (Å²) in [5.41, 5.74) is 0.0775. The van der Waals surface area contributed by atoms with Gasteiger partial charge in [0.1, 0.15) is 0 Å². The van der Waals surface area contributed by atoms with Crippen molar-refractivity contribution in [2.24, 2.45) is 0 Å². The highest BCUT2D eigenvalue weighted by molar-refractivity contribution is 6.23. The van der Waals surface area contributed by atoms with Crippen LogP contribution in [0.15, 0.2) is 48.5 Å². The molecule has 4 aromatic carbocycles. The van der Waals surface area contributed by atoms with Crippen molar-refractivity contribution in [1.82, 2.24) is 0 Å². The van der Waals surface area contributed by atoms with Gasteiger partial charge in [-0.25, -0.2) is 0 Å². The van der Waals surface area contributed by atoms with Crippen LogP contribution in [-0.2, 0) is 0 Å². The molecule has 0 aliphatic carbocycles. The van der Waals surface area contributed by atoms with E-state index in [9.17, 15) is 20.2 Å². The molecule has 0 atom stereocenters. The predicted molar refractivity (Wildman–Crippen MR) is 83.5 cm³/mol. The molecule has 0 aromatic heterocycles. The molecule has 6 nitrogen and oxygen atoms in total. The molecule has 0 unspecified atom stereocenters. The second-order valence-electron chi connectivity index (χ2n) is 5.18. The minimum Gasteiger partial charge on any atom is -0.258 e. The second-order valence-corrected chi connectivity index (χ2v) is 5.18. The fraction of sp³-hybridized carbons (Fsp3) is 0. The van der Waals surface area contributed by atoms with Crippen molar-refractivity contribution in [2.45, 2.75) is 0 Å². The monoisotopic (exact) mass is 292 g/mol. The molecule has 0 bridgehead atoms. The van der Waals surface area contributed by atoms with Crippen molar-refractivity contribution in [3.05, 3.63) is 68.8 Å². The molecule has 4 aromatic rings. The van der Waals surface area contributed by atoms with Gasteiger partial charge in [-0.3, -0.25) is 20.2 Å². The number of rotatable bonds is 2. The first kappa shape index (κ1) is 12.5. The van der Waals surface area contributed by atoms with Crippen molar-refractivity contribution >= 4 is 43.7 Å². The summed E-state index contributed by atoms with van der Waals surface area (Å²) >= 11 is 0. The Kier molecular flexibility index (Phi) is 2.33. The molecule has 0 radical (unpaired) electrons. The van der Waals surface area contributed by atoms with Gasteiger partial charge in [0.05, 0.1) is 9.85 Å². The lowest BCUT2D eigenvalue weighted by atomic mass is 9.93. The van der Waals surface area contributed by atoms with Gasteiger partial charge in [-0.2, -0.15) is 0 Å². The van der Waals surface area contributed by atoms with Crippen LogP contribution in [0.1, 0.15) is 0 Å². The van der Waals surface area contributed by atoms with E-state index >= 15 is 0 Å². The maximum absolute atomic E-state index is 11.0. The predicted octanol–water partition coefficient (Wildman–Crippen LogP) is 4.40. The van der Waals surface area contributed by atoms with Crippen LogP contribution in [0.4, 0.5) is 11.4 Å². The van der Waals surface area contributed by atoms with Crippen LogP contribution in [-0.4, -0.2) is 9.85 Å². The van der Waals surface area contributed by atoms with Crippen molar-refractivity contribution in [3.8, 4) is 0 Å². The summed E-state index contributed by atoms with van der Waals surface area (Å²) in [5, 5.41) is 26.9. The first-order valence-electron chi connectivity index (χ1n) is 6.56. The molecule has 0 spiro atoms. The number of non-ortho nitro benzene ring substituents is 2. The summed E-state index contributed by atoms with van der Waals surface area (Å²) in [4.78, 5) is 21.2. The van der Waals surface area contributed by atoms with E-state index in [0.29, 0.717) is 0 Å². The Hall–Kier alpha value is -3.28. The van der Waals surface area contributed by atoms with E-state index in [1.54, 1.807) is 24.3 Å². The summed E-state index contributed by atoms with van der Waals surface area (Å²) in [7, 11) is 0. The molecular formula is C16H8N2O4. The molecule has 0 saturated carbocycles. The van der Waals surface area contributed by atoms with Crippen LogP contribution in [0.2, 0.25) is 0 Å². The van der Waals surface area contributed by atoms with E-state index in [2.05, 4.69) is 0 Å². The van der Waals surface area contributed by atoms with Crippen LogP contribution >= 0.6 is 0 Å². The van der Waals surface area contributed by atoms with E-state index in [4.69, 9.17) is 0 Å². The highest BCUT2D eigenvalue weighted by Crippen LogP contribution is 2.38. The molecule has 0 saturated heterocycles. The molecule has 0 N–H and O–H groups in total. The van der Waals surface area contributed by atoms with E-state index in [1.807, 2.05) is 0 Å². The van der Waals surface area contributed by atoms with Crippen molar-refractivity contribution in [2.75, 3.05) is 0 Å². The van der Waals surface area contributed by atoms with E-state index < -0.39 is 9.85 Å². The zero-order valence-corrected chi connectivity index (χ0v) is 11.1. The summed E-state index contributed by atoms with van der Waals surface area (Å²) in [6, 6.07) is 13.2. The number of nitro benzene ring substituents is 2. The number of nitrogens with zero attached hydrogens (tertiary/aromatic N) is 2. The Balaban J connectivity index is 2.21. The van der Waals surface area contributed by atoms with Crippen molar-refractivity contribution < 1.29 is 9.85 Å². The Morgan fingerprint density at radius 1 is 0.591 bits per heavy atom. The minimum absolute atomic E-state index is 0.0388. The zero-order chi connectivity index (χ0) is 15.4. The summed E-state index contributed by atoms with van der Waals surface area (Å²) in [6.45, 7) is 0. The SMILES string of the molecule is O=[N+]([O-])c1cc2ccc3cc([N+](=O)[O-])cc4ccc(c1)c2c34. The van der Waals surface area contributed by atoms with E-state index in [1.165, 1.54) is 24.3 Å². The summed E-state index contributed by atoms with van der Waals surface area (Å²) in [5.74, 6) is 0. The third kappa shape index (κ3) is 1.61. The van der Waals surface area contributed by atoms with Crippen LogP contribution in [0.25, 0.3) is 32.3 Å². The number of hydrogen-bond acceptors (Lipinski definition) is 4. The van der Waals surface area contributed by atoms with Crippen molar-refractivity contribution in [3.63, 3.8) is 0 Å². The Morgan fingerprint density at radius 3 is 1.09 bits per heavy atom. The molecule has 0 aliphatic heterocycles. The van der Waals surface area contributed by atoms with E-state index in [-0.39, 0.29) is 11.4 Å². The van der Waals surface area contributed by atoms with Gasteiger partial charge in [-0.15, -0.1) is 0 Å². The van der Waals surface area contributed by atoms with Gasteiger partial charge < -0.3 is 0 Å². The Bertz CT molecular complexity index is 934. The first-order valence-corrected chi connectivity index (χ1v) is 6.56. The van der Waals surface area contributed by atoms with Gasteiger partial charge in [0.2, 0.25) is 0 Å².